The predicted molar refractivity (Wildman–Crippen MR) is 108 cm³/mol. The number of hydrogen-bond donors (Lipinski definition) is 1. The zero-order valence-electron chi connectivity index (χ0n) is 14.5. The Hall–Kier alpha value is -3.79. The summed E-state index contributed by atoms with van der Waals surface area (Å²) in [7, 11) is 0. The maximum atomic E-state index is 4.68. The van der Waals surface area contributed by atoms with E-state index in [2.05, 4.69) is 80.8 Å². The van der Waals surface area contributed by atoms with E-state index in [1.807, 2.05) is 24.5 Å². The zero-order chi connectivity index (χ0) is 18.1. The third-order valence-electron chi connectivity index (χ3n) is 4.65. The number of hydrogen-bond acceptors (Lipinski definition) is 3. The van der Waals surface area contributed by atoms with Crippen LogP contribution < -0.4 is 0 Å². The van der Waals surface area contributed by atoms with Gasteiger partial charge in [0.15, 0.2) is 5.65 Å². The van der Waals surface area contributed by atoms with Gasteiger partial charge in [0.25, 0.3) is 0 Å². The number of pyridine rings is 2. The van der Waals surface area contributed by atoms with Gasteiger partial charge >= 0.3 is 0 Å². The normalized spacial score (nSPS) is 11.0. The highest BCUT2D eigenvalue weighted by molar-refractivity contribution is 5.86. The monoisotopic (exact) mass is 348 g/mol. The molecule has 0 aliphatic carbocycles. The van der Waals surface area contributed by atoms with E-state index in [-0.39, 0.29) is 0 Å². The maximum absolute atomic E-state index is 4.68. The summed E-state index contributed by atoms with van der Waals surface area (Å²) in [5.74, 6) is 0. The van der Waals surface area contributed by atoms with Crippen molar-refractivity contribution in [1.82, 2.24) is 20.2 Å². The molecule has 27 heavy (non-hydrogen) atoms. The van der Waals surface area contributed by atoms with Crippen molar-refractivity contribution in [1.29, 1.82) is 0 Å². The van der Waals surface area contributed by atoms with Crippen LogP contribution in [0, 0.1) is 0 Å². The molecule has 0 fully saturated rings. The van der Waals surface area contributed by atoms with Crippen LogP contribution in [0.3, 0.4) is 0 Å². The average Bonchev–Trinajstić information content (AvgIpc) is 3.22. The van der Waals surface area contributed by atoms with Crippen LogP contribution in [-0.4, -0.2) is 20.2 Å². The lowest BCUT2D eigenvalue weighted by atomic mass is 9.97. The third-order valence-corrected chi connectivity index (χ3v) is 4.65. The topological polar surface area (TPSA) is 54.5 Å². The molecule has 0 unspecified atom stereocenters. The van der Waals surface area contributed by atoms with E-state index in [1.54, 1.807) is 6.20 Å². The number of H-pyrrole nitrogens is 1. The summed E-state index contributed by atoms with van der Waals surface area (Å²) in [5, 5.41) is 7.94. The molecular formula is C23H16N4. The molecule has 4 nitrogen and oxygen atoms in total. The highest BCUT2D eigenvalue weighted by Crippen LogP contribution is 2.33. The van der Waals surface area contributed by atoms with E-state index in [1.165, 1.54) is 11.1 Å². The number of nitrogens with one attached hydrogen (secondary N) is 1. The molecule has 0 amide bonds. The van der Waals surface area contributed by atoms with Crippen molar-refractivity contribution in [2.24, 2.45) is 0 Å². The first-order chi connectivity index (χ1) is 13.4. The SMILES string of the molecule is c1ccc(-c2cccc(-c3ncccc3-c3cnc4[nH]ncc4c3)c2)cc1. The number of fused-ring (bicyclic) bond motifs is 1. The minimum Gasteiger partial charge on any atom is -0.261 e. The lowest BCUT2D eigenvalue weighted by Crippen LogP contribution is -1.90. The van der Waals surface area contributed by atoms with Gasteiger partial charge in [-0.2, -0.15) is 5.10 Å². The number of aromatic amines is 1. The van der Waals surface area contributed by atoms with E-state index in [4.69, 9.17) is 0 Å². The summed E-state index contributed by atoms with van der Waals surface area (Å²) in [6.45, 7) is 0. The molecule has 0 saturated carbocycles. The standard InChI is InChI=1S/C23H16N4/c1-2-6-16(7-3-1)17-8-4-9-18(12-17)22-21(10-5-11-24-22)19-13-20-15-26-27-23(20)25-14-19/h1-15H,(H,25,26,27). The second kappa shape index (κ2) is 6.50. The smallest absolute Gasteiger partial charge is 0.155 e. The first-order valence-electron chi connectivity index (χ1n) is 8.79. The molecule has 4 heteroatoms. The molecule has 0 radical (unpaired) electrons. The summed E-state index contributed by atoms with van der Waals surface area (Å²) in [5.41, 5.74) is 7.26. The summed E-state index contributed by atoms with van der Waals surface area (Å²) in [6.07, 6.45) is 5.48. The molecule has 5 aromatic rings. The molecule has 3 aromatic heterocycles. The fourth-order valence-electron chi connectivity index (χ4n) is 3.33. The number of nitrogens with zero attached hydrogens (tertiary/aromatic N) is 3. The summed E-state index contributed by atoms with van der Waals surface area (Å²) in [6, 6.07) is 25.0. The van der Waals surface area contributed by atoms with Crippen molar-refractivity contribution in [3.05, 3.63) is 91.4 Å². The van der Waals surface area contributed by atoms with E-state index in [9.17, 15) is 0 Å². The number of rotatable bonds is 3. The van der Waals surface area contributed by atoms with Crippen molar-refractivity contribution in [3.8, 4) is 33.5 Å². The Labute approximate surface area is 156 Å². The van der Waals surface area contributed by atoms with Gasteiger partial charge in [0.2, 0.25) is 0 Å². The van der Waals surface area contributed by atoms with Crippen LogP contribution in [0.5, 0.6) is 0 Å². The first-order valence-corrected chi connectivity index (χ1v) is 8.79. The van der Waals surface area contributed by atoms with Gasteiger partial charge in [-0.05, 0) is 29.3 Å². The fourth-order valence-corrected chi connectivity index (χ4v) is 3.33. The highest BCUT2D eigenvalue weighted by atomic mass is 15.1. The van der Waals surface area contributed by atoms with Crippen LogP contribution in [0.15, 0.2) is 91.4 Å². The lowest BCUT2D eigenvalue weighted by molar-refractivity contribution is 1.10. The van der Waals surface area contributed by atoms with Crippen molar-refractivity contribution in [2.45, 2.75) is 0 Å². The molecule has 0 saturated heterocycles. The quantitative estimate of drug-likeness (QED) is 0.478. The van der Waals surface area contributed by atoms with Crippen LogP contribution in [0.1, 0.15) is 0 Å². The van der Waals surface area contributed by atoms with Crippen LogP contribution in [0.25, 0.3) is 44.5 Å². The van der Waals surface area contributed by atoms with Gasteiger partial charge in [0.05, 0.1) is 11.9 Å². The van der Waals surface area contributed by atoms with Gasteiger partial charge in [-0.25, -0.2) is 4.98 Å². The van der Waals surface area contributed by atoms with E-state index in [0.29, 0.717) is 0 Å². The Morgan fingerprint density at radius 1 is 0.630 bits per heavy atom. The molecule has 3 heterocycles. The van der Waals surface area contributed by atoms with Gasteiger partial charge in [0, 0.05) is 34.5 Å². The Balaban J connectivity index is 1.64. The molecule has 0 aliphatic rings. The van der Waals surface area contributed by atoms with Gasteiger partial charge in [-0.3, -0.25) is 10.1 Å². The van der Waals surface area contributed by atoms with Crippen molar-refractivity contribution in [2.75, 3.05) is 0 Å². The van der Waals surface area contributed by atoms with E-state index < -0.39 is 0 Å². The Kier molecular flexibility index (Phi) is 3.72. The summed E-state index contributed by atoms with van der Waals surface area (Å²) >= 11 is 0. The van der Waals surface area contributed by atoms with Crippen molar-refractivity contribution >= 4 is 11.0 Å². The molecule has 0 bridgehead atoms. The van der Waals surface area contributed by atoms with Gasteiger partial charge in [-0.15, -0.1) is 0 Å². The van der Waals surface area contributed by atoms with Crippen LogP contribution in [0.2, 0.25) is 0 Å². The van der Waals surface area contributed by atoms with E-state index in [0.717, 1.165) is 33.4 Å². The van der Waals surface area contributed by atoms with Crippen LogP contribution in [0.4, 0.5) is 0 Å². The Bertz CT molecular complexity index is 1230. The predicted octanol–water partition coefficient (Wildman–Crippen LogP) is 5.35. The third kappa shape index (κ3) is 2.87. The number of benzene rings is 2. The first kappa shape index (κ1) is 15.5. The molecule has 0 atom stereocenters. The molecule has 5 rings (SSSR count). The minimum absolute atomic E-state index is 0.787. The van der Waals surface area contributed by atoms with E-state index >= 15 is 0 Å². The molecule has 128 valence electrons. The largest absolute Gasteiger partial charge is 0.261 e. The Morgan fingerprint density at radius 2 is 1.48 bits per heavy atom. The molecular weight excluding hydrogens is 332 g/mol. The van der Waals surface area contributed by atoms with Crippen LogP contribution in [-0.2, 0) is 0 Å². The Morgan fingerprint density at radius 3 is 2.41 bits per heavy atom. The zero-order valence-corrected chi connectivity index (χ0v) is 14.5. The number of aromatic nitrogens is 4. The minimum atomic E-state index is 0.787. The summed E-state index contributed by atoms with van der Waals surface area (Å²) < 4.78 is 0. The lowest BCUT2D eigenvalue weighted by Gasteiger charge is -2.10. The molecule has 0 spiro atoms. The average molecular weight is 348 g/mol. The van der Waals surface area contributed by atoms with Crippen molar-refractivity contribution in [3.63, 3.8) is 0 Å². The molecule has 1 N–H and O–H groups in total. The maximum Gasteiger partial charge on any atom is 0.155 e. The highest BCUT2D eigenvalue weighted by Gasteiger charge is 2.11. The van der Waals surface area contributed by atoms with Gasteiger partial charge < -0.3 is 0 Å². The molecule has 2 aromatic carbocycles. The van der Waals surface area contributed by atoms with Gasteiger partial charge in [0.1, 0.15) is 0 Å². The van der Waals surface area contributed by atoms with Crippen molar-refractivity contribution < 1.29 is 0 Å². The summed E-state index contributed by atoms with van der Waals surface area (Å²) in [4.78, 5) is 9.15. The molecule has 0 aliphatic heterocycles. The fraction of sp³-hybridized carbons (Fsp3) is 0. The van der Waals surface area contributed by atoms with Crippen LogP contribution >= 0.6 is 0 Å². The second-order valence-electron chi connectivity index (χ2n) is 6.38. The van der Waals surface area contributed by atoms with Gasteiger partial charge in [-0.1, -0.05) is 54.6 Å². The second-order valence-corrected chi connectivity index (χ2v) is 6.38.